The summed E-state index contributed by atoms with van der Waals surface area (Å²) in [5.74, 6) is -1.07. The Balaban J connectivity index is 2.18. The molecule has 0 aliphatic rings. The maximum Gasteiger partial charge on any atom is 0.297 e. The molecule has 2 rings (SSSR count). The molecule has 0 unspecified atom stereocenters. The van der Waals surface area contributed by atoms with Gasteiger partial charge in [-0.2, -0.15) is 5.21 Å². The Morgan fingerprint density at radius 1 is 1.33 bits per heavy atom. The number of hydrogen-bond donors (Lipinski definition) is 3. The monoisotopic (exact) mass is 246 g/mol. The summed E-state index contributed by atoms with van der Waals surface area (Å²) in [6.45, 7) is 0. The number of aromatic nitrogens is 4. The average molecular weight is 246 g/mol. The van der Waals surface area contributed by atoms with Gasteiger partial charge in [-0.15, -0.1) is 10.2 Å². The van der Waals surface area contributed by atoms with Gasteiger partial charge in [0.05, 0.1) is 6.42 Å². The Hall–Kier alpha value is -2.77. The highest BCUT2D eigenvalue weighted by atomic mass is 16.2. The summed E-state index contributed by atoms with van der Waals surface area (Å²) in [5.41, 5.74) is 6.25. The standard InChI is InChI=1S/C10H10N6O2/c11-8(17)5-6-3-1-2-4-7(6)12-10(18)9-13-15-16-14-9/h1-4H,5H2,(H2,11,17)(H,12,18)(H,13,14,15,16). The molecule has 92 valence electrons. The van der Waals surface area contributed by atoms with Gasteiger partial charge in [0.15, 0.2) is 0 Å². The minimum atomic E-state index is -0.513. The third-order valence-corrected chi connectivity index (χ3v) is 2.18. The molecule has 0 fully saturated rings. The van der Waals surface area contributed by atoms with Crippen LogP contribution in [0.3, 0.4) is 0 Å². The molecule has 0 bridgehead atoms. The van der Waals surface area contributed by atoms with Gasteiger partial charge >= 0.3 is 0 Å². The van der Waals surface area contributed by atoms with Crippen molar-refractivity contribution in [3.63, 3.8) is 0 Å². The predicted octanol–water partition coefficient (Wildman–Crippen LogP) is -0.520. The van der Waals surface area contributed by atoms with Gasteiger partial charge in [0, 0.05) is 5.69 Å². The van der Waals surface area contributed by atoms with E-state index in [4.69, 9.17) is 5.73 Å². The number of rotatable bonds is 4. The van der Waals surface area contributed by atoms with Crippen LogP contribution in [0.1, 0.15) is 16.2 Å². The second-order valence-corrected chi connectivity index (χ2v) is 3.49. The molecular weight excluding hydrogens is 236 g/mol. The fraction of sp³-hybridized carbons (Fsp3) is 0.100. The van der Waals surface area contributed by atoms with E-state index in [2.05, 4.69) is 25.9 Å². The van der Waals surface area contributed by atoms with E-state index in [9.17, 15) is 9.59 Å². The Morgan fingerprint density at radius 3 is 2.78 bits per heavy atom. The van der Waals surface area contributed by atoms with Gasteiger partial charge in [-0.05, 0) is 16.8 Å². The zero-order valence-electron chi connectivity index (χ0n) is 9.25. The first-order chi connectivity index (χ1) is 8.66. The molecule has 4 N–H and O–H groups in total. The molecule has 8 nitrogen and oxygen atoms in total. The Morgan fingerprint density at radius 2 is 2.11 bits per heavy atom. The van der Waals surface area contributed by atoms with Gasteiger partial charge in [0.2, 0.25) is 5.91 Å². The van der Waals surface area contributed by atoms with E-state index in [0.717, 1.165) is 0 Å². The number of primary amides is 1. The van der Waals surface area contributed by atoms with Crippen LogP contribution in [0.4, 0.5) is 5.69 Å². The van der Waals surface area contributed by atoms with Crippen LogP contribution in [0, 0.1) is 0 Å². The third kappa shape index (κ3) is 2.67. The van der Waals surface area contributed by atoms with Crippen LogP contribution in [0.15, 0.2) is 24.3 Å². The van der Waals surface area contributed by atoms with E-state index in [1.807, 2.05) is 0 Å². The number of benzene rings is 1. The molecule has 18 heavy (non-hydrogen) atoms. The Bertz CT molecular complexity index is 566. The number of carbonyl (C=O) groups excluding carboxylic acids is 2. The van der Waals surface area contributed by atoms with Crippen LogP contribution < -0.4 is 11.1 Å². The van der Waals surface area contributed by atoms with Crippen molar-refractivity contribution in [3.05, 3.63) is 35.7 Å². The van der Waals surface area contributed by atoms with Crippen LogP contribution in [-0.2, 0) is 11.2 Å². The van der Waals surface area contributed by atoms with Gasteiger partial charge in [-0.3, -0.25) is 9.59 Å². The zero-order valence-corrected chi connectivity index (χ0v) is 9.25. The maximum absolute atomic E-state index is 11.7. The summed E-state index contributed by atoms with van der Waals surface area (Å²) in [4.78, 5) is 22.6. The molecule has 8 heteroatoms. The van der Waals surface area contributed by atoms with Gasteiger partial charge in [-0.25, -0.2) is 0 Å². The molecular formula is C10H10N6O2. The summed E-state index contributed by atoms with van der Waals surface area (Å²) in [7, 11) is 0. The molecule has 2 aromatic rings. The number of carbonyl (C=O) groups is 2. The van der Waals surface area contributed by atoms with Crippen LogP contribution >= 0.6 is 0 Å². The lowest BCUT2D eigenvalue weighted by Crippen LogP contribution is -2.18. The average Bonchev–Trinajstić information content (AvgIpc) is 2.84. The van der Waals surface area contributed by atoms with E-state index < -0.39 is 11.8 Å². The van der Waals surface area contributed by atoms with E-state index in [0.29, 0.717) is 11.3 Å². The van der Waals surface area contributed by atoms with Gasteiger partial charge < -0.3 is 11.1 Å². The summed E-state index contributed by atoms with van der Waals surface area (Å²) in [6.07, 6.45) is 0.0443. The van der Waals surface area contributed by atoms with Crippen molar-refractivity contribution in [1.29, 1.82) is 0 Å². The van der Waals surface area contributed by atoms with Crippen molar-refractivity contribution in [2.24, 2.45) is 5.73 Å². The highest BCUT2D eigenvalue weighted by Crippen LogP contribution is 2.15. The number of hydrogen-bond acceptors (Lipinski definition) is 5. The minimum absolute atomic E-state index is 0.0443. The first kappa shape index (κ1) is 11.7. The fourth-order valence-corrected chi connectivity index (χ4v) is 1.42. The number of tetrazole rings is 1. The molecule has 0 aliphatic carbocycles. The number of anilines is 1. The quantitative estimate of drug-likeness (QED) is 0.669. The van der Waals surface area contributed by atoms with Crippen LogP contribution in [0.25, 0.3) is 0 Å². The van der Waals surface area contributed by atoms with Crippen molar-refractivity contribution in [1.82, 2.24) is 20.6 Å². The summed E-state index contributed by atoms with van der Waals surface area (Å²) >= 11 is 0. The zero-order chi connectivity index (χ0) is 13.0. The number of nitrogens with two attached hydrogens (primary N) is 1. The lowest BCUT2D eigenvalue weighted by atomic mass is 10.1. The van der Waals surface area contributed by atoms with E-state index in [-0.39, 0.29) is 12.2 Å². The van der Waals surface area contributed by atoms with E-state index in [1.54, 1.807) is 24.3 Å². The summed E-state index contributed by atoms with van der Waals surface area (Å²) in [6, 6.07) is 6.85. The molecule has 1 aromatic carbocycles. The van der Waals surface area contributed by atoms with Crippen molar-refractivity contribution in [2.45, 2.75) is 6.42 Å². The first-order valence-electron chi connectivity index (χ1n) is 5.08. The third-order valence-electron chi connectivity index (χ3n) is 2.18. The smallest absolute Gasteiger partial charge is 0.297 e. The topological polar surface area (TPSA) is 127 Å². The number of nitrogens with one attached hydrogen (secondary N) is 2. The lowest BCUT2D eigenvalue weighted by Gasteiger charge is -2.07. The summed E-state index contributed by atoms with van der Waals surface area (Å²) < 4.78 is 0. The highest BCUT2D eigenvalue weighted by molar-refractivity contribution is 6.02. The molecule has 0 saturated carbocycles. The number of nitrogens with zero attached hydrogens (tertiary/aromatic N) is 3. The number of aromatic amines is 1. The fourth-order valence-electron chi connectivity index (χ4n) is 1.42. The second-order valence-electron chi connectivity index (χ2n) is 3.49. The maximum atomic E-state index is 11.7. The molecule has 0 aliphatic heterocycles. The Kier molecular flexibility index (Phi) is 3.28. The van der Waals surface area contributed by atoms with Crippen molar-refractivity contribution in [3.8, 4) is 0 Å². The number of para-hydroxylation sites is 1. The van der Waals surface area contributed by atoms with Gasteiger partial charge in [-0.1, -0.05) is 18.2 Å². The first-order valence-corrected chi connectivity index (χ1v) is 5.08. The van der Waals surface area contributed by atoms with Crippen molar-refractivity contribution >= 4 is 17.5 Å². The predicted molar refractivity (Wildman–Crippen MR) is 61.5 cm³/mol. The normalized spacial score (nSPS) is 10.0. The number of H-pyrrole nitrogens is 1. The van der Waals surface area contributed by atoms with Crippen molar-refractivity contribution in [2.75, 3.05) is 5.32 Å². The highest BCUT2D eigenvalue weighted by Gasteiger charge is 2.13. The molecule has 0 atom stereocenters. The lowest BCUT2D eigenvalue weighted by molar-refractivity contribution is -0.117. The van der Waals surface area contributed by atoms with E-state index >= 15 is 0 Å². The molecule has 0 saturated heterocycles. The van der Waals surface area contributed by atoms with Crippen LogP contribution in [0.2, 0.25) is 0 Å². The molecule has 1 aromatic heterocycles. The van der Waals surface area contributed by atoms with Crippen molar-refractivity contribution < 1.29 is 9.59 Å². The van der Waals surface area contributed by atoms with Gasteiger partial charge in [0.25, 0.3) is 11.7 Å². The van der Waals surface area contributed by atoms with Crippen LogP contribution in [-0.4, -0.2) is 32.4 Å². The van der Waals surface area contributed by atoms with Gasteiger partial charge in [0.1, 0.15) is 0 Å². The molecule has 2 amide bonds. The van der Waals surface area contributed by atoms with E-state index in [1.165, 1.54) is 0 Å². The SMILES string of the molecule is NC(=O)Cc1ccccc1NC(=O)c1nn[nH]n1. The molecule has 0 radical (unpaired) electrons. The molecule has 1 heterocycles. The summed E-state index contributed by atoms with van der Waals surface area (Å²) in [5, 5.41) is 15.2. The largest absolute Gasteiger partial charge is 0.369 e. The van der Waals surface area contributed by atoms with Crippen LogP contribution in [0.5, 0.6) is 0 Å². The minimum Gasteiger partial charge on any atom is -0.369 e. The molecule has 0 spiro atoms. The Labute approximate surface area is 102 Å². The number of amides is 2. The second kappa shape index (κ2) is 5.04.